The molecule has 132 valence electrons. The molecular formula is C18H26N2O4. The van der Waals surface area contributed by atoms with Gasteiger partial charge in [0.15, 0.2) is 11.5 Å². The molecule has 0 spiro atoms. The quantitative estimate of drug-likeness (QED) is 0.811. The number of nitrogens with zero attached hydrogens (tertiary/aromatic N) is 1. The maximum atomic E-state index is 12.7. The number of carbonyl (C=O) groups excluding carboxylic acids is 1. The van der Waals surface area contributed by atoms with Gasteiger partial charge in [0.05, 0.1) is 32.8 Å². The predicted octanol–water partition coefficient (Wildman–Crippen LogP) is 1.18. The van der Waals surface area contributed by atoms with Gasteiger partial charge in [0.2, 0.25) is 5.91 Å². The summed E-state index contributed by atoms with van der Waals surface area (Å²) in [5.74, 6) is 1.47. The summed E-state index contributed by atoms with van der Waals surface area (Å²) in [6, 6.07) is 5.76. The lowest BCUT2D eigenvalue weighted by atomic mass is 9.94. The molecule has 1 aromatic carbocycles. The minimum atomic E-state index is -0.398. The maximum absolute atomic E-state index is 12.7. The monoisotopic (exact) mass is 334 g/mol. The van der Waals surface area contributed by atoms with Crippen LogP contribution in [-0.4, -0.2) is 64.4 Å². The highest BCUT2D eigenvalue weighted by molar-refractivity contribution is 5.91. The smallest absolute Gasteiger partial charge is 0.230 e. The first-order valence-corrected chi connectivity index (χ1v) is 8.50. The minimum absolute atomic E-state index is 0.114. The zero-order valence-corrected chi connectivity index (χ0v) is 14.5. The van der Waals surface area contributed by atoms with E-state index in [-0.39, 0.29) is 5.91 Å². The Bertz CT molecular complexity index is 580. The van der Waals surface area contributed by atoms with Crippen LogP contribution < -0.4 is 14.8 Å². The number of morpholine rings is 1. The number of benzene rings is 1. The SMILES string of the molecule is COc1ccc(C2(C(=O)NCCN3CCOCC3)CC2)cc1OC. The molecule has 1 saturated heterocycles. The molecule has 1 aliphatic carbocycles. The summed E-state index contributed by atoms with van der Waals surface area (Å²) < 4.78 is 16.0. The van der Waals surface area contributed by atoms with Crippen LogP contribution in [0.2, 0.25) is 0 Å². The van der Waals surface area contributed by atoms with Gasteiger partial charge in [0.1, 0.15) is 0 Å². The van der Waals surface area contributed by atoms with E-state index in [1.807, 2.05) is 18.2 Å². The summed E-state index contributed by atoms with van der Waals surface area (Å²) in [6.07, 6.45) is 1.76. The first-order valence-electron chi connectivity index (χ1n) is 8.50. The van der Waals surface area contributed by atoms with Gasteiger partial charge in [-0.15, -0.1) is 0 Å². The number of carbonyl (C=O) groups is 1. The molecule has 2 fully saturated rings. The number of ether oxygens (including phenoxy) is 3. The molecule has 3 rings (SSSR count). The molecule has 1 amide bonds. The van der Waals surface area contributed by atoms with Gasteiger partial charge in [-0.05, 0) is 30.5 Å². The third-order valence-electron chi connectivity index (χ3n) is 4.94. The normalized spacial score (nSPS) is 19.6. The Morgan fingerprint density at radius 2 is 1.92 bits per heavy atom. The highest BCUT2D eigenvalue weighted by Gasteiger charge is 2.51. The highest BCUT2D eigenvalue weighted by Crippen LogP contribution is 2.50. The molecule has 6 heteroatoms. The third kappa shape index (κ3) is 3.49. The summed E-state index contributed by atoms with van der Waals surface area (Å²) in [5, 5.41) is 3.10. The molecule has 1 heterocycles. The average molecular weight is 334 g/mol. The van der Waals surface area contributed by atoms with E-state index in [1.54, 1.807) is 14.2 Å². The zero-order valence-electron chi connectivity index (χ0n) is 14.5. The predicted molar refractivity (Wildman–Crippen MR) is 90.7 cm³/mol. The van der Waals surface area contributed by atoms with Crippen molar-refractivity contribution in [1.29, 1.82) is 0 Å². The molecule has 0 atom stereocenters. The Morgan fingerprint density at radius 1 is 1.21 bits per heavy atom. The van der Waals surface area contributed by atoms with Crippen molar-refractivity contribution in [1.82, 2.24) is 10.2 Å². The van der Waals surface area contributed by atoms with E-state index in [1.165, 1.54) is 0 Å². The Hall–Kier alpha value is -1.79. The Balaban J connectivity index is 1.59. The molecule has 0 radical (unpaired) electrons. The molecule has 1 aromatic rings. The van der Waals surface area contributed by atoms with Gasteiger partial charge >= 0.3 is 0 Å². The maximum Gasteiger partial charge on any atom is 0.230 e. The van der Waals surface area contributed by atoms with E-state index >= 15 is 0 Å². The van der Waals surface area contributed by atoms with Crippen molar-refractivity contribution in [2.75, 3.05) is 53.6 Å². The molecule has 24 heavy (non-hydrogen) atoms. The van der Waals surface area contributed by atoms with Crippen LogP contribution in [-0.2, 0) is 14.9 Å². The van der Waals surface area contributed by atoms with Crippen molar-refractivity contribution in [3.05, 3.63) is 23.8 Å². The van der Waals surface area contributed by atoms with Gasteiger partial charge in [-0.3, -0.25) is 9.69 Å². The first-order chi connectivity index (χ1) is 11.7. The van der Waals surface area contributed by atoms with Crippen LogP contribution in [0.3, 0.4) is 0 Å². The number of nitrogens with one attached hydrogen (secondary N) is 1. The molecule has 0 bridgehead atoms. The molecule has 0 aromatic heterocycles. The van der Waals surface area contributed by atoms with E-state index in [0.29, 0.717) is 18.0 Å². The fraction of sp³-hybridized carbons (Fsp3) is 0.611. The van der Waals surface area contributed by atoms with Crippen LogP contribution in [0.25, 0.3) is 0 Å². The average Bonchev–Trinajstić information content (AvgIpc) is 3.44. The fourth-order valence-electron chi connectivity index (χ4n) is 3.23. The first kappa shape index (κ1) is 17.0. The van der Waals surface area contributed by atoms with Crippen molar-refractivity contribution < 1.29 is 19.0 Å². The highest BCUT2D eigenvalue weighted by atomic mass is 16.5. The van der Waals surface area contributed by atoms with Gasteiger partial charge in [0, 0.05) is 26.2 Å². The lowest BCUT2D eigenvalue weighted by Crippen LogP contribution is -2.43. The molecule has 0 unspecified atom stereocenters. The molecule has 1 N–H and O–H groups in total. The van der Waals surface area contributed by atoms with Crippen LogP contribution in [0.1, 0.15) is 18.4 Å². The molecule has 1 saturated carbocycles. The second-order valence-electron chi connectivity index (χ2n) is 6.36. The van der Waals surface area contributed by atoms with E-state index in [0.717, 1.165) is 51.3 Å². The van der Waals surface area contributed by atoms with Gasteiger partial charge in [-0.1, -0.05) is 6.07 Å². The molecule has 6 nitrogen and oxygen atoms in total. The molecule has 1 aliphatic heterocycles. The summed E-state index contributed by atoms with van der Waals surface area (Å²) in [7, 11) is 3.23. The number of hydrogen-bond acceptors (Lipinski definition) is 5. The summed E-state index contributed by atoms with van der Waals surface area (Å²) in [5.41, 5.74) is 0.605. The van der Waals surface area contributed by atoms with Gasteiger partial charge in [-0.2, -0.15) is 0 Å². The van der Waals surface area contributed by atoms with E-state index in [4.69, 9.17) is 14.2 Å². The van der Waals surface area contributed by atoms with E-state index < -0.39 is 5.41 Å². The number of rotatable bonds is 7. The Labute approximate surface area is 143 Å². The van der Waals surface area contributed by atoms with Gasteiger partial charge < -0.3 is 19.5 Å². The molecule has 2 aliphatic rings. The van der Waals surface area contributed by atoms with Crippen LogP contribution in [0.4, 0.5) is 0 Å². The summed E-state index contributed by atoms with van der Waals surface area (Å²) >= 11 is 0. The van der Waals surface area contributed by atoms with Crippen LogP contribution in [0.15, 0.2) is 18.2 Å². The van der Waals surface area contributed by atoms with Crippen molar-refractivity contribution >= 4 is 5.91 Å². The second-order valence-corrected chi connectivity index (χ2v) is 6.36. The van der Waals surface area contributed by atoms with Crippen molar-refractivity contribution in [2.45, 2.75) is 18.3 Å². The second kappa shape index (κ2) is 7.40. The standard InChI is InChI=1S/C18H26N2O4/c1-22-15-4-3-14(13-16(15)23-2)18(5-6-18)17(21)19-7-8-20-9-11-24-12-10-20/h3-4,13H,5-12H2,1-2H3,(H,19,21). The van der Waals surface area contributed by atoms with Gasteiger partial charge in [-0.25, -0.2) is 0 Å². The van der Waals surface area contributed by atoms with Crippen LogP contribution >= 0.6 is 0 Å². The lowest BCUT2D eigenvalue weighted by Gasteiger charge is -2.27. The fourth-order valence-corrected chi connectivity index (χ4v) is 3.23. The van der Waals surface area contributed by atoms with Gasteiger partial charge in [0.25, 0.3) is 0 Å². The zero-order chi connectivity index (χ0) is 17.0. The molecular weight excluding hydrogens is 308 g/mol. The minimum Gasteiger partial charge on any atom is -0.493 e. The Kier molecular flexibility index (Phi) is 5.26. The topological polar surface area (TPSA) is 60.0 Å². The Morgan fingerprint density at radius 3 is 2.54 bits per heavy atom. The van der Waals surface area contributed by atoms with Crippen LogP contribution in [0.5, 0.6) is 11.5 Å². The number of methoxy groups -OCH3 is 2. The number of hydrogen-bond donors (Lipinski definition) is 1. The van der Waals surface area contributed by atoms with Crippen molar-refractivity contribution in [2.24, 2.45) is 0 Å². The lowest BCUT2D eigenvalue weighted by molar-refractivity contribution is -0.123. The van der Waals surface area contributed by atoms with E-state index in [2.05, 4.69) is 10.2 Å². The van der Waals surface area contributed by atoms with E-state index in [9.17, 15) is 4.79 Å². The largest absolute Gasteiger partial charge is 0.493 e. The number of amides is 1. The van der Waals surface area contributed by atoms with Crippen LogP contribution in [0, 0.1) is 0 Å². The van der Waals surface area contributed by atoms with Crippen molar-refractivity contribution in [3.8, 4) is 11.5 Å². The third-order valence-corrected chi connectivity index (χ3v) is 4.94. The summed E-state index contributed by atoms with van der Waals surface area (Å²) in [4.78, 5) is 15.0. The summed E-state index contributed by atoms with van der Waals surface area (Å²) in [6.45, 7) is 4.99. The van der Waals surface area contributed by atoms with Crippen molar-refractivity contribution in [3.63, 3.8) is 0 Å².